The molecule has 1 saturated heterocycles. The molecule has 0 amide bonds. The molecule has 1 aliphatic heterocycles. The van der Waals surface area contributed by atoms with Crippen LogP contribution >= 0.6 is 0 Å². The Hall–Kier alpha value is -2.49. The van der Waals surface area contributed by atoms with Crippen molar-refractivity contribution in [3.05, 3.63) is 59.9 Å². The summed E-state index contributed by atoms with van der Waals surface area (Å²) in [7, 11) is -4.04. The lowest BCUT2D eigenvalue weighted by Crippen LogP contribution is -2.57. The maximum atomic E-state index is 12.9. The molecule has 1 fully saturated rings. The lowest BCUT2D eigenvalue weighted by molar-refractivity contribution is -0.147. The van der Waals surface area contributed by atoms with Crippen LogP contribution in [-0.4, -0.2) is 38.2 Å². The molecule has 0 spiro atoms. The maximum absolute atomic E-state index is 12.9. The summed E-state index contributed by atoms with van der Waals surface area (Å²) in [5.74, 6) is -1.13. The highest BCUT2D eigenvalue weighted by atomic mass is 32.2. The zero-order valence-corrected chi connectivity index (χ0v) is 15.7. The standard InChI is InChI=1S/C19H20FNO6S/c20-15-3-1-14(2-4-15)13-27-16-5-7-17(8-6-16)28(24,25)21-19(18(22)23)9-11-26-12-10-19/h1-8,21H,9-13H2,(H,22,23). The molecule has 3 rings (SSSR count). The van der Waals surface area contributed by atoms with Gasteiger partial charge in [-0.05, 0) is 42.0 Å². The summed E-state index contributed by atoms with van der Waals surface area (Å²) in [5.41, 5.74) is -0.808. The second kappa shape index (κ2) is 8.26. The largest absolute Gasteiger partial charge is 0.489 e. The summed E-state index contributed by atoms with van der Waals surface area (Å²) >= 11 is 0. The van der Waals surface area contributed by atoms with Gasteiger partial charge >= 0.3 is 5.97 Å². The minimum atomic E-state index is -4.04. The van der Waals surface area contributed by atoms with E-state index in [0.717, 1.165) is 5.56 Å². The van der Waals surface area contributed by atoms with Crippen LogP contribution in [0.3, 0.4) is 0 Å². The van der Waals surface area contributed by atoms with Crippen LogP contribution in [0.25, 0.3) is 0 Å². The molecule has 9 heteroatoms. The predicted octanol–water partition coefficient (Wildman–Crippen LogP) is 2.32. The fourth-order valence-electron chi connectivity index (χ4n) is 2.86. The molecular weight excluding hydrogens is 389 g/mol. The summed E-state index contributed by atoms with van der Waals surface area (Å²) in [6.45, 7) is 0.544. The molecule has 1 heterocycles. The third-order valence-corrected chi connectivity index (χ3v) is 6.09. The first-order chi connectivity index (χ1) is 13.3. The van der Waals surface area contributed by atoms with E-state index in [2.05, 4.69) is 4.72 Å². The van der Waals surface area contributed by atoms with E-state index in [4.69, 9.17) is 9.47 Å². The number of sulfonamides is 1. The lowest BCUT2D eigenvalue weighted by Gasteiger charge is -2.33. The third kappa shape index (κ3) is 4.67. The molecule has 7 nitrogen and oxygen atoms in total. The van der Waals surface area contributed by atoms with Crippen molar-refractivity contribution in [3.8, 4) is 5.75 Å². The van der Waals surface area contributed by atoms with Gasteiger partial charge in [-0.25, -0.2) is 12.8 Å². The van der Waals surface area contributed by atoms with Gasteiger partial charge in [0.15, 0.2) is 0 Å². The van der Waals surface area contributed by atoms with Gasteiger partial charge < -0.3 is 14.6 Å². The highest BCUT2D eigenvalue weighted by molar-refractivity contribution is 7.89. The van der Waals surface area contributed by atoms with E-state index in [9.17, 15) is 22.7 Å². The van der Waals surface area contributed by atoms with Crippen molar-refractivity contribution in [2.75, 3.05) is 13.2 Å². The Labute approximate surface area is 162 Å². The second-order valence-electron chi connectivity index (χ2n) is 6.49. The van der Waals surface area contributed by atoms with Gasteiger partial charge in [0.25, 0.3) is 0 Å². The number of benzene rings is 2. The number of hydrogen-bond acceptors (Lipinski definition) is 5. The molecule has 2 aromatic carbocycles. The monoisotopic (exact) mass is 409 g/mol. The zero-order valence-electron chi connectivity index (χ0n) is 14.9. The molecule has 0 bridgehead atoms. The first kappa shape index (κ1) is 20.2. The van der Waals surface area contributed by atoms with Crippen molar-refractivity contribution in [2.45, 2.75) is 29.9 Å². The molecule has 0 saturated carbocycles. The van der Waals surface area contributed by atoms with Gasteiger partial charge in [-0.1, -0.05) is 12.1 Å². The molecular formula is C19H20FNO6S. The Morgan fingerprint density at radius 2 is 1.71 bits per heavy atom. The molecule has 28 heavy (non-hydrogen) atoms. The van der Waals surface area contributed by atoms with Crippen LogP contribution in [0.2, 0.25) is 0 Å². The number of aliphatic carboxylic acids is 1. The summed E-state index contributed by atoms with van der Waals surface area (Å²) in [4.78, 5) is 11.6. The predicted molar refractivity (Wildman–Crippen MR) is 97.9 cm³/mol. The van der Waals surface area contributed by atoms with E-state index in [-0.39, 0.29) is 43.4 Å². The van der Waals surface area contributed by atoms with Crippen LogP contribution in [-0.2, 0) is 26.2 Å². The molecule has 1 aliphatic rings. The molecule has 0 atom stereocenters. The smallest absolute Gasteiger partial charge is 0.325 e. The number of halogens is 1. The van der Waals surface area contributed by atoms with Crippen LogP contribution in [0, 0.1) is 5.82 Å². The Kier molecular flexibility index (Phi) is 5.97. The molecule has 0 unspecified atom stereocenters. The van der Waals surface area contributed by atoms with Crippen LogP contribution in [0.1, 0.15) is 18.4 Å². The number of hydrogen-bond donors (Lipinski definition) is 2. The third-order valence-electron chi connectivity index (χ3n) is 4.54. The average Bonchev–Trinajstić information content (AvgIpc) is 2.68. The van der Waals surface area contributed by atoms with E-state index in [1.54, 1.807) is 12.1 Å². The van der Waals surface area contributed by atoms with Crippen molar-refractivity contribution in [3.63, 3.8) is 0 Å². The lowest BCUT2D eigenvalue weighted by atomic mass is 9.92. The second-order valence-corrected chi connectivity index (χ2v) is 8.17. The Bertz CT molecular complexity index is 922. The van der Waals surface area contributed by atoms with Crippen LogP contribution in [0.4, 0.5) is 4.39 Å². The van der Waals surface area contributed by atoms with Gasteiger partial charge in [-0.2, -0.15) is 4.72 Å². The number of rotatable bonds is 7. The van der Waals surface area contributed by atoms with Crippen molar-refractivity contribution in [1.82, 2.24) is 4.72 Å². The highest BCUT2D eigenvalue weighted by Crippen LogP contribution is 2.25. The molecule has 2 aromatic rings. The summed E-state index contributed by atoms with van der Waals surface area (Å²) < 4.78 is 51.2. The molecule has 150 valence electrons. The topological polar surface area (TPSA) is 102 Å². The van der Waals surface area contributed by atoms with Gasteiger partial charge in [0.05, 0.1) is 4.90 Å². The Morgan fingerprint density at radius 1 is 1.11 bits per heavy atom. The van der Waals surface area contributed by atoms with Gasteiger partial charge in [-0.15, -0.1) is 0 Å². The molecule has 2 N–H and O–H groups in total. The van der Waals surface area contributed by atoms with Crippen LogP contribution in [0.15, 0.2) is 53.4 Å². The quantitative estimate of drug-likeness (QED) is 0.728. The van der Waals surface area contributed by atoms with E-state index in [0.29, 0.717) is 5.75 Å². The number of ether oxygens (including phenoxy) is 2. The molecule has 0 aliphatic carbocycles. The fraction of sp³-hybridized carbons (Fsp3) is 0.316. The normalized spacial score (nSPS) is 16.5. The Balaban J connectivity index is 1.69. The first-order valence-corrected chi connectivity index (χ1v) is 10.1. The Morgan fingerprint density at radius 3 is 2.29 bits per heavy atom. The van der Waals surface area contributed by atoms with Gasteiger partial charge in [0, 0.05) is 26.1 Å². The fourth-order valence-corrected chi connectivity index (χ4v) is 4.28. The minimum Gasteiger partial charge on any atom is -0.489 e. The van der Waals surface area contributed by atoms with E-state index in [1.165, 1.54) is 36.4 Å². The summed E-state index contributed by atoms with van der Waals surface area (Å²) in [5, 5.41) is 9.51. The van der Waals surface area contributed by atoms with Crippen molar-refractivity contribution < 1.29 is 32.2 Å². The number of carboxylic acids is 1. The van der Waals surface area contributed by atoms with Gasteiger partial charge in [0.2, 0.25) is 10.0 Å². The first-order valence-electron chi connectivity index (χ1n) is 8.63. The van der Waals surface area contributed by atoms with E-state index >= 15 is 0 Å². The summed E-state index contributed by atoms with van der Waals surface area (Å²) in [6, 6.07) is 11.5. The SMILES string of the molecule is O=C(O)C1(NS(=O)(=O)c2ccc(OCc3ccc(F)cc3)cc2)CCOCC1. The van der Waals surface area contributed by atoms with E-state index in [1.807, 2.05) is 0 Å². The minimum absolute atomic E-state index is 0.0560. The van der Waals surface area contributed by atoms with Gasteiger partial charge in [-0.3, -0.25) is 4.79 Å². The summed E-state index contributed by atoms with van der Waals surface area (Å²) in [6.07, 6.45) is 0.112. The average molecular weight is 409 g/mol. The van der Waals surface area contributed by atoms with Crippen molar-refractivity contribution in [2.24, 2.45) is 0 Å². The van der Waals surface area contributed by atoms with Crippen LogP contribution in [0.5, 0.6) is 5.75 Å². The van der Waals surface area contributed by atoms with Crippen LogP contribution < -0.4 is 9.46 Å². The highest BCUT2D eigenvalue weighted by Gasteiger charge is 2.43. The van der Waals surface area contributed by atoms with Gasteiger partial charge in [0.1, 0.15) is 23.7 Å². The maximum Gasteiger partial charge on any atom is 0.325 e. The molecule has 0 aromatic heterocycles. The number of nitrogens with one attached hydrogen (secondary N) is 1. The van der Waals surface area contributed by atoms with E-state index < -0.39 is 21.5 Å². The number of carbonyl (C=O) groups is 1. The zero-order chi connectivity index (χ0) is 20.2. The van der Waals surface area contributed by atoms with Crippen molar-refractivity contribution >= 4 is 16.0 Å². The molecule has 0 radical (unpaired) electrons. The van der Waals surface area contributed by atoms with Crippen molar-refractivity contribution in [1.29, 1.82) is 0 Å². The number of carboxylic acid groups (broad SMARTS) is 1.